The molecule has 1 fully saturated rings. The number of hydroxylamine groups is 1. The standard InChI is InChI=1S/C28H36N8O4/c1-18-22-16-20(8-11-23(22)33-36(18)39-17-19-6-9-21(38-5)10-7-19)25-30-26(24(29)31-32-25)34-12-14-35(15-13-34)27(37)40-28(2,3)4/h6-11,16,18,33H,12-15,17H2,1-5H3,(H2,29,31). The highest BCUT2D eigenvalue weighted by atomic mass is 16.7. The minimum atomic E-state index is -0.535. The van der Waals surface area contributed by atoms with Gasteiger partial charge in [0.15, 0.2) is 17.5 Å². The molecule has 12 nitrogen and oxygen atoms in total. The second-order valence-corrected chi connectivity index (χ2v) is 10.8. The Hall–Kier alpha value is -4.16. The van der Waals surface area contributed by atoms with E-state index in [-0.39, 0.29) is 18.0 Å². The van der Waals surface area contributed by atoms with Crippen LogP contribution in [0.25, 0.3) is 11.4 Å². The van der Waals surface area contributed by atoms with E-state index in [1.54, 1.807) is 17.2 Å². The Morgan fingerprint density at radius 3 is 2.48 bits per heavy atom. The van der Waals surface area contributed by atoms with E-state index >= 15 is 0 Å². The predicted molar refractivity (Wildman–Crippen MR) is 151 cm³/mol. The summed E-state index contributed by atoms with van der Waals surface area (Å²) in [5.74, 6) is 2.10. The Morgan fingerprint density at radius 1 is 1.07 bits per heavy atom. The third-order valence-electron chi connectivity index (χ3n) is 6.80. The summed E-state index contributed by atoms with van der Waals surface area (Å²) < 4.78 is 10.7. The summed E-state index contributed by atoms with van der Waals surface area (Å²) in [6, 6.07) is 13.7. The number of amides is 1. The summed E-state index contributed by atoms with van der Waals surface area (Å²) >= 11 is 0. The number of nitrogen functional groups attached to an aromatic ring is 1. The van der Waals surface area contributed by atoms with Crippen LogP contribution in [0.1, 0.15) is 44.9 Å². The number of aromatic nitrogens is 3. The molecule has 1 unspecified atom stereocenters. The van der Waals surface area contributed by atoms with E-state index in [9.17, 15) is 4.79 Å². The molecule has 0 saturated carbocycles. The molecule has 1 amide bonds. The first-order chi connectivity index (χ1) is 19.1. The zero-order chi connectivity index (χ0) is 28.4. The molecule has 2 aliphatic heterocycles. The number of benzene rings is 2. The highest BCUT2D eigenvalue weighted by Gasteiger charge is 2.30. The molecular formula is C28H36N8O4. The van der Waals surface area contributed by atoms with Crippen LogP contribution in [0.3, 0.4) is 0 Å². The Kier molecular flexibility index (Phi) is 7.63. The molecule has 0 aliphatic carbocycles. The number of anilines is 3. The molecule has 40 heavy (non-hydrogen) atoms. The third kappa shape index (κ3) is 6.02. The zero-order valence-corrected chi connectivity index (χ0v) is 23.5. The van der Waals surface area contributed by atoms with Gasteiger partial charge in [-0.05, 0) is 69.2 Å². The van der Waals surface area contributed by atoms with E-state index in [2.05, 4.69) is 22.5 Å². The molecule has 2 aliphatic rings. The summed E-state index contributed by atoms with van der Waals surface area (Å²) in [4.78, 5) is 27.0. The lowest BCUT2D eigenvalue weighted by Gasteiger charge is -2.36. The normalized spacial score (nSPS) is 17.4. The lowest BCUT2D eigenvalue weighted by atomic mass is 10.0. The van der Waals surface area contributed by atoms with E-state index in [1.807, 2.05) is 68.1 Å². The second-order valence-electron chi connectivity index (χ2n) is 10.8. The quantitative estimate of drug-likeness (QED) is 0.463. The predicted octanol–water partition coefficient (Wildman–Crippen LogP) is 4.02. The maximum atomic E-state index is 12.4. The number of hydrogen-bond donors (Lipinski definition) is 2. The number of nitrogens with one attached hydrogen (secondary N) is 1. The SMILES string of the molecule is COc1ccc(CON2Nc3ccc(-c4nnc(N)c(N5CCN(C(=O)OC(C)(C)C)CC5)n4)cc3C2C)cc1. The van der Waals surface area contributed by atoms with E-state index < -0.39 is 5.60 Å². The van der Waals surface area contributed by atoms with Crippen molar-refractivity contribution in [1.82, 2.24) is 25.3 Å². The minimum Gasteiger partial charge on any atom is -0.497 e. The van der Waals surface area contributed by atoms with Crippen LogP contribution >= 0.6 is 0 Å². The zero-order valence-electron chi connectivity index (χ0n) is 23.5. The molecule has 0 spiro atoms. The van der Waals surface area contributed by atoms with E-state index in [0.717, 1.165) is 28.1 Å². The molecule has 12 heteroatoms. The van der Waals surface area contributed by atoms with Gasteiger partial charge in [0.05, 0.1) is 25.4 Å². The number of piperazine rings is 1. The van der Waals surface area contributed by atoms with Gasteiger partial charge in [-0.3, -0.25) is 10.3 Å². The summed E-state index contributed by atoms with van der Waals surface area (Å²) in [5, 5.41) is 10.2. The Bertz CT molecular complexity index is 1350. The number of fused-ring (bicyclic) bond motifs is 1. The number of hydrazine groups is 1. The summed E-state index contributed by atoms with van der Waals surface area (Å²) in [6.45, 7) is 10.2. The van der Waals surface area contributed by atoms with Crippen molar-refractivity contribution in [2.24, 2.45) is 0 Å². The van der Waals surface area contributed by atoms with Crippen molar-refractivity contribution in [1.29, 1.82) is 0 Å². The fourth-order valence-corrected chi connectivity index (χ4v) is 4.61. The van der Waals surface area contributed by atoms with Gasteiger partial charge in [-0.2, -0.15) is 0 Å². The number of carbonyl (C=O) groups excluding carboxylic acids is 1. The molecule has 0 bridgehead atoms. The molecule has 212 valence electrons. The monoisotopic (exact) mass is 548 g/mol. The van der Waals surface area contributed by atoms with Crippen LogP contribution in [0.5, 0.6) is 5.75 Å². The van der Waals surface area contributed by atoms with Crippen LogP contribution in [0.2, 0.25) is 0 Å². The van der Waals surface area contributed by atoms with Crippen LogP contribution in [-0.2, 0) is 16.2 Å². The molecule has 0 radical (unpaired) electrons. The van der Waals surface area contributed by atoms with Gasteiger partial charge in [0.25, 0.3) is 0 Å². The fraction of sp³-hybridized carbons (Fsp3) is 0.429. The van der Waals surface area contributed by atoms with Crippen molar-refractivity contribution in [2.75, 3.05) is 49.3 Å². The van der Waals surface area contributed by atoms with Gasteiger partial charge < -0.3 is 25.0 Å². The van der Waals surface area contributed by atoms with Crippen LogP contribution in [0.4, 0.5) is 22.1 Å². The lowest BCUT2D eigenvalue weighted by Crippen LogP contribution is -2.50. The number of nitrogens with two attached hydrogens (primary N) is 1. The van der Waals surface area contributed by atoms with Gasteiger partial charge in [-0.15, -0.1) is 10.2 Å². The number of hydrogen-bond acceptors (Lipinski definition) is 11. The van der Waals surface area contributed by atoms with Crippen LogP contribution in [-0.4, -0.2) is 70.2 Å². The largest absolute Gasteiger partial charge is 0.497 e. The van der Waals surface area contributed by atoms with E-state index in [4.69, 9.17) is 25.0 Å². The molecule has 3 aromatic rings. The number of ether oxygens (including phenoxy) is 2. The topological polar surface area (TPSA) is 131 Å². The van der Waals surface area contributed by atoms with Gasteiger partial charge in [0, 0.05) is 31.7 Å². The van der Waals surface area contributed by atoms with Crippen molar-refractivity contribution in [3.63, 3.8) is 0 Å². The van der Waals surface area contributed by atoms with Crippen molar-refractivity contribution >= 4 is 23.4 Å². The maximum Gasteiger partial charge on any atom is 0.410 e. The van der Waals surface area contributed by atoms with Gasteiger partial charge in [-0.25, -0.2) is 9.78 Å². The molecule has 1 aromatic heterocycles. The highest BCUT2D eigenvalue weighted by Crippen LogP contribution is 2.37. The van der Waals surface area contributed by atoms with Crippen molar-refractivity contribution < 1.29 is 19.1 Å². The summed E-state index contributed by atoms with van der Waals surface area (Å²) in [6.07, 6.45) is -0.315. The smallest absolute Gasteiger partial charge is 0.410 e. The fourth-order valence-electron chi connectivity index (χ4n) is 4.61. The van der Waals surface area contributed by atoms with Crippen LogP contribution in [0, 0.1) is 0 Å². The number of nitrogens with zero attached hydrogens (tertiary/aromatic N) is 6. The summed E-state index contributed by atoms with van der Waals surface area (Å²) in [5.41, 5.74) is 12.8. The first-order valence-corrected chi connectivity index (χ1v) is 13.3. The number of methoxy groups -OCH3 is 1. The molecule has 3 heterocycles. The molecule has 1 atom stereocenters. The minimum absolute atomic E-state index is 0.0460. The van der Waals surface area contributed by atoms with Crippen LogP contribution in [0.15, 0.2) is 42.5 Å². The van der Waals surface area contributed by atoms with Gasteiger partial charge in [0.1, 0.15) is 11.4 Å². The third-order valence-corrected chi connectivity index (χ3v) is 6.80. The summed E-state index contributed by atoms with van der Waals surface area (Å²) in [7, 11) is 1.65. The lowest BCUT2D eigenvalue weighted by molar-refractivity contribution is -0.170. The molecule has 2 aromatic carbocycles. The second kappa shape index (κ2) is 11.1. The molecule has 5 rings (SSSR count). The first kappa shape index (κ1) is 27.4. The number of rotatable bonds is 6. The number of carbonyl (C=O) groups is 1. The maximum absolute atomic E-state index is 12.4. The average Bonchev–Trinajstić information content (AvgIpc) is 3.26. The molecular weight excluding hydrogens is 512 g/mol. The van der Waals surface area contributed by atoms with Gasteiger partial charge >= 0.3 is 6.09 Å². The Balaban J connectivity index is 1.25. The van der Waals surface area contributed by atoms with Gasteiger partial charge in [-0.1, -0.05) is 17.3 Å². The molecule has 3 N–H and O–H groups in total. The van der Waals surface area contributed by atoms with Crippen molar-refractivity contribution in [3.05, 3.63) is 53.6 Å². The molecule has 1 saturated heterocycles. The van der Waals surface area contributed by atoms with Gasteiger partial charge in [0.2, 0.25) is 0 Å². The first-order valence-electron chi connectivity index (χ1n) is 13.3. The Morgan fingerprint density at radius 2 is 1.80 bits per heavy atom. The Labute approximate surface area is 234 Å². The highest BCUT2D eigenvalue weighted by molar-refractivity contribution is 5.70. The van der Waals surface area contributed by atoms with E-state index in [1.165, 1.54) is 0 Å². The van der Waals surface area contributed by atoms with E-state index in [0.29, 0.717) is 44.4 Å². The van der Waals surface area contributed by atoms with Crippen molar-refractivity contribution in [3.8, 4) is 17.1 Å². The van der Waals surface area contributed by atoms with Crippen molar-refractivity contribution in [2.45, 2.75) is 45.9 Å². The van der Waals surface area contributed by atoms with Crippen LogP contribution < -0.4 is 20.8 Å². The average molecular weight is 549 g/mol.